The Morgan fingerprint density at radius 1 is 1.47 bits per heavy atom. The number of alkyl halides is 1. The first-order valence-electron chi connectivity index (χ1n) is 5.67. The van der Waals surface area contributed by atoms with Crippen LogP contribution in [0.4, 0.5) is 10.1 Å². The quantitative estimate of drug-likeness (QED) is 0.719. The molecule has 1 aromatic carbocycles. The van der Waals surface area contributed by atoms with Crippen LogP contribution in [0.2, 0.25) is 0 Å². The van der Waals surface area contributed by atoms with Crippen molar-refractivity contribution in [3.63, 3.8) is 0 Å². The van der Waals surface area contributed by atoms with Gasteiger partial charge < -0.3 is 4.90 Å². The van der Waals surface area contributed by atoms with Crippen molar-refractivity contribution in [3.8, 4) is 0 Å². The Morgan fingerprint density at radius 2 is 2.18 bits per heavy atom. The molecule has 1 aromatic rings. The molecule has 0 amide bonds. The molecule has 0 fully saturated rings. The summed E-state index contributed by atoms with van der Waals surface area (Å²) in [7, 11) is 1.97. The lowest BCUT2D eigenvalue weighted by atomic mass is 10.1. The fourth-order valence-electron chi connectivity index (χ4n) is 1.77. The van der Waals surface area contributed by atoms with Gasteiger partial charge in [-0.15, -0.1) is 0 Å². The zero-order valence-electron chi connectivity index (χ0n) is 10.5. The number of anilines is 1. The highest BCUT2D eigenvalue weighted by molar-refractivity contribution is 9.08. The summed E-state index contributed by atoms with van der Waals surface area (Å²) < 4.78 is 13.9. The topological polar surface area (TPSA) is 3.24 Å². The van der Waals surface area contributed by atoms with Crippen molar-refractivity contribution in [2.24, 2.45) is 0 Å². The standard InChI is InChI=1S/C13H19BrFNS/c1-10(7-8-17-3)16(2)13-11(9-14)5-4-6-12(13)15/h4-6,10H,7-9H2,1-3H3. The van der Waals surface area contributed by atoms with Gasteiger partial charge in [-0.25, -0.2) is 4.39 Å². The lowest BCUT2D eigenvalue weighted by Crippen LogP contribution is -2.30. The molecule has 0 radical (unpaired) electrons. The third kappa shape index (κ3) is 3.88. The van der Waals surface area contributed by atoms with Crippen LogP contribution in [-0.4, -0.2) is 25.1 Å². The average molecular weight is 320 g/mol. The minimum Gasteiger partial charge on any atom is -0.369 e. The largest absolute Gasteiger partial charge is 0.369 e. The number of para-hydroxylation sites is 1. The number of hydrogen-bond acceptors (Lipinski definition) is 2. The molecule has 0 aliphatic rings. The van der Waals surface area contributed by atoms with Crippen LogP contribution in [0.25, 0.3) is 0 Å². The van der Waals surface area contributed by atoms with E-state index < -0.39 is 0 Å². The van der Waals surface area contributed by atoms with E-state index in [1.165, 1.54) is 6.07 Å². The fraction of sp³-hybridized carbons (Fsp3) is 0.538. The summed E-state index contributed by atoms with van der Waals surface area (Å²) in [4.78, 5) is 2.04. The second kappa shape index (κ2) is 7.27. The Kier molecular flexibility index (Phi) is 6.34. The lowest BCUT2D eigenvalue weighted by Gasteiger charge is -2.29. The molecule has 0 saturated carbocycles. The normalized spacial score (nSPS) is 12.5. The minimum atomic E-state index is -0.138. The molecule has 1 nitrogen and oxygen atoms in total. The fourth-order valence-corrected chi connectivity index (χ4v) is 2.79. The van der Waals surface area contributed by atoms with E-state index >= 15 is 0 Å². The van der Waals surface area contributed by atoms with Crippen LogP contribution >= 0.6 is 27.7 Å². The van der Waals surface area contributed by atoms with Crippen LogP contribution in [-0.2, 0) is 5.33 Å². The van der Waals surface area contributed by atoms with Gasteiger partial charge in [-0.2, -0.15) is 11.8 Å². The molecule has 0 spiro atoms. The molecular weight excluding hydrogens is 301 g/mol. The number of thioether (sulfide) groups is 1. The van der Waals surface area contributed by atoms with Crippen LogP contribution < -0.4 is 4.90 Å². The zero-order chi connectivity index (χ0) is 12.8. The molecule has 17 heavy (non-hydrogen) atoms. The SMILES string of the molecule is CSCCC(C)N(C)c1c(F)cccc1CBr. The van der Waals surface area contributed by atoms with Crippen molar-refractivity contribution in [2.45, 2.75) is 24.7 Å². The summed E-state index contributed by atoms with van der Waals surface area (Å²) in [5.74, 6) is 0.962. The molecule has 0 N–H and O–H groups in total. The van der Waals surface area contributed by atoms with Gasteiger partial charge >= 0.3 is 0 Å². The predicted octanol–water partition coefficient (Wildman–Crippen LogP) is 4.30. The highest BCUT2D eigenvalue weighted by Gasteiger charge is 2.16. The Bertz CT molecular complexity index is 359. The van der Waals surface area contributed by atoms with Gasteiger partial charge in [0.25, 0.3) is 0 Å². The first-order valence-corrected chi connectivity index (χ1v) is 8.18. The van der Waals surface area contributed by atoms with Gasteiger partial charge in [0, 0.05) is 18.4 Å². The Balaban J connectivity index is 2.90. The summed E-state index contributed by atoms with van der Waals surface area (Å²) in [6.07, 6.45) is 3.16. The smallest absolute Gasteiger partial charge is 0.146 e. The third-order valence-corrected chi connectivity index (χ3v) is 4.22. The molecule has 0 aromatic heterocycles. The molecule has 1 unspecified atom stereocenters. The van der Waals surface area contributed by atoms with Crippen LogP contribution in [0, 0.1) is 5.82 Å². The summed E-state index contributed by atoms with van der Waals surface area (Å²) >= 11 is 5.24. The van der Waals surface area contributed by atoms with Crippen molar-refractivity contribution >= 4 is 33.4 Å². The monoisotopic (exact) mass is 319 g/mol. The molecular formula is C13H19BrFNS. The first-order chi connectivity index (χ1) is 8.11. The predicted molar refractivity (Wildman–Crippen MR) is 79.9 cm³/mol. The Morgan fingerprint density at radius 3 is 2.76 bits per heavy atom. The van der Waals surface area contributed by atoms with Crippen molar-refractivity contribution in [1.29, 1.82) is 0 Å². The third-order valence-electron chi connectivity index (χ3n) is 2.97. The molecule has 1 atom stereocenters. The molecule has 96 valence electrons. The maximum absolute atomic E-state index is 13.9. The van der Waals surface area contributed by atoms with Crippen molar-refractivity contribution in [1.82, 2.24) is 0 Å². The number of nitrogens with zero attached hydrogens (tertiary/aromatic N) is 1. The second-order valence-electron chi connectivity index (χ2n) is 4.12. The number of rotatable bonds is 6. The molecule has 0 bridgehead atoms. The molecule has 4 heteroatoms. The van der Waals surface area contributed by atoms with Gasteiger partial charge in [0.1, 0.15) is 5.82 Å². The lowest BCUT2D eigenvalue weighted by molar-refractivity contribution is 0.599. The molecule has 0 saturated heterocycles. The molecule has 0 aliphatic heterocycles. The van der Waals surface area contributed by atoms with Crippen molar-refractivity contribution in [3.05, 3.63) is 29.6 Å². The number of halogens is 2. The van der Waals surface area contributed by atoms with Gasteiger partial charge in [-0.1, -0.05) is 28.1 Å². The molecule has 1 rings (SSSR count). The Hall–Kier alpha value is -0.220. The zero-order valence-corrected chi connectivity index (χ0v) is 12.9. The maximum Gasteiger partial charge on any atom is 0.146 e. The van der Waals surface area contributed by atoms with Crippen LogP contribution in [0.15, 0.2) is 18.2 Å². The second-order valence-corrected chi connectivity index (χ2v) is 5.67. The summed E-state index contributed by atoms with van der Waals surface area (Å²) in [6, 6.07) is 5.59. The number of hydrogen-bond donors (Lipinski definition) is 0. The van der Waals surface area contributed by atoms with E-state index in [4.69, 9.17) is 0 Å². The van der Waals surface area contributed by atoms with E-state index in [1.807, 2.05) is 29.8 Å². The highest BCUT2D eigenvalue weighted by atomic mass is 79.9. The van der Waals surface area contributed by atoms with E-state index in [9.17, 15) is 4.39 Å². The van der Waals surface area contributed by atoms with Crippen LogP contribution in [0.1, 0.15) is 18.9 Å². The summed E-state index contributed by atoms with van der Waals surface area (Å²) in [6.45, 7) is 2.14. The van der Waals surface area contributed by atoms with E-state index in [2.05, 4.69) is 29.1 Å². The van der Waals surface area contributed by atoms with Crippen molar-refractivity contribution in [2.75, 3.05) is 24.0 Å². The van der Waals surface area contributed by atoms with Gasteiger partial charge in [-0.3, -0.25) is 0 Å². The van der Waals surface area contributed by atoms with E-state index in [-0.39, 0.29) is 5.82 Å². The molecule has 0 aliphatic carbocycles. The summed E-state index contributed by atoms with van der Waals surface area (Å²) in [5, 5.41) is 0.680. The van der Waals surface area contributed by atoms with E-state index in [0.717, 1.165) is 23.4 Å². The maximum atomic E-state index is 13.9. The summed E-state index contributed by atoms with van der Waals surface area (Å²) in [5.41, 5.74) is 1.72. The average Bonchev–Trinajstić information content (AvgIpc) is 2.34. The van der Waals surface area contributed by atoms with E-state index in [1.54, 1.807) is 6.07 Å². The van der Waals surface area contributed by atoms with Crippen LogP contribution in [0.5, 0.6) is 0 Å². The first kappa shape index (κ1) is 14.8. The van der Waals surface area contributed by atoms with Crippen LogP contribution in [0.3, 0.4) is 0 Å². The molecule has 0 heterocycles. The van der Waals surface area contributed by atoms with Gasteiger partial charge in [0.15, 0.2) is 0 Å². The van der Waals surface area contributed by atoms with Gasteiger partial charge in [-0.05, 0) is 37.0 Å². The van der Waals surface area contributed by atoms with Gasteiger partial charge in [0.05, 0.1) is 5.69 Å². The number of benzene rings is 1. The van der Waals surface area contributed by atoms with Crippen molar-refractivity contribution < 1.29 is 4.39 Å². The Labute approximate surface area is 116 Å². The minimum absolute atomic E-state index is 0.138. The van der Waals surface area contributed by atoms with Gasteiger partial charge in [0.2, 0.25) is 0 Å². The highest BCUT2D eigenvalue weighted by Crippen LogP contribution is 2.27. The van der Waals surface area contributed by atoms with E-state index in [0.29, 0.717) is 11.4 Å².